The van der Waals surface area contributed by atoms with Gasteiger partial charge < -0.3 is 5.32 Å². The highest BCUT2D eigenvalue weighted by atomic mass is 15.3. The molecule has 0 fully saturated rings. The number of nitrogens with zero attached hydrogens (tertiary/aromatic N) is 4. The van der Waals surface area contributed by atoms with Gasteiger partial charge in [0.25, 0.3) is 0 Å². The number of aromatic nitrogens is 4. The molecular weight excluding hydrogens is 226 g/mol. The second-order valence-corrected chi connectivity index (χ2v) is 4.07. The average Bonchev–Trinajstić information content (AvgIpc) is 2.81. The standard InChI is InChI=1S/C13H19N5/c1-4-11-16-13(5-2)18(17-11)9-10-7-6-8-12(14-3)15-10/h6-8H,4-5,9H2,1-3H3,(H,14,15). The van der Waals surface area contributed by atoms with Crippen LogP contribution in [-0.2, 0) is 19.4 Å². The molecule has 0 atom stereocenters. The summed E-state index contributed by atoms with van der Waals surface area (Å²) in [6.45, 7) is 4.84. The van der Waals surface area contributed by atoms with Crippen LogP contribution in [-0.4, -0.2) is 26.8 Å². The molecule has 2 heterocycles. The smallest absolute Gasteiger partial charge is 0.150 e. The summed E-state index contributed by atoms with van der Waals surface area (Å²) in [5.74, 6) is 2.79. The van der Waals surface area contributed by atoms with Gasteiger partial charge in [-0.3, -0.25) is 0 Å². The molecule has 96 valence electrons. The number of aryl methyl sites for hydroxylation is 2. The number of rotatable bonds is 5. The van der Waals surface area contributed by atoms with Crippen LogP contribution in [0.1, 0.15) is 31.2 Å². The lowest BCUT2D eigenvalue weighted by atomic mass is 10.3. The molecule has 0 amide bonds. The Morgan fingerprint density at radius 3 is 2.67 bits per heavy atom. The molecule has 1 N–H and O–H groups in total. The van der Waals surface area contributed by atoms with E-state index in [9.17, 15) is 0 Å². The fraction of sp³-hybridized carbons (Fsp3) is 0.462. The Balaban J connectivity index is 2.24. The van der Waals surface area contributed by atoms with E-state index in [-0.39, 0.29) is 0 Å². The molecule has 0 aromatic carbocycles. The summed E-state index contributed by atoms with van der Waals surface area (Å²) in [6, 6.07) is 5.95. The van der Waals surface area contributed by atoms with Crippen LogP contribution in [0.5, 0.6) is 0 Å². The molecule has 0 bridgehead atoms. The van der Waals surface area contributed by atoms with Crippen LogP contribution < -0.4 is 5.32 Å². The highest BCUT2D eigenvalue weighted by Crippen LogP contribution is 2.08. The van der Waals surface area contributed by atoms with Crippen molar-refractivity contribution in [1.82, 2.24) is 19.7 Å². The van der Waals surface area contributed by atoms with Gasteiger partial charge in [-0.1, -0.05) is 19.9 Å². The second-order valence-electron chi connectivity index (χ2n) is 4.07. The van der Waals surface area contributed by atoms with E-state index in [1.54, 1.807) is 0 Å². The number of nitrogens with one attached hydrogen (secondary N) is 1. The third kappa shape index (κ3) is 2.67. The normalized spacial score (nSPS) is 10.6. The molecule has 0 aliphatic rings. The summed E-state index contributed by atoms with van der Waals surface area (Å²) in [5.41, 5.74) is 0.990. The fourth-order valence-corrected chi connectivity index (χ4v) is 1.82. The molecule has 18 heavy (non-hydrogen) atoms. The van der Waals surface area contributed by atoms with E-state index in [0.717, 1.165) is 36.0 Å². The first-order valence-electron chi connectivity index (χ1n) is 6.33. The summed E-state index contributed by atoms with van der Waals surface area (Å²) in [4.78, 5) is 8.99. The minimum atomic E-state index is 0.672. The summed E-state index contributed by atoms with van der Waals surface area (Å²) in [5, 5.41) is 7.54. The van der Waals surface area contributed by atoms with Crippen LogP contribution >= 0.6 is 0 Å². The van der Waals surface area contributed by atoms with Gasteiger partial charge in [0.2, 0.25) is 0 Å². The molecule has 5 nitrogen and oxygen atoms in total. The Labute approximate surface area is 107 Å². The van der Waals surface area contributed by atoms with Gasteiger partial charge in [-0.05, 0) is 12.1 Å². The van der Waals surface area contributed by atoms with Gasteiger partial charge in [-0.25, -0.2) is 14.6 Å². The van der Waals surface area contributed by atoms with Crippen molar-refractivity contribution in [2.75, 3.05) is 12.4 Å². The zero-order valence-electron chi connectivity index (χ0n) is 11.1. The number of anilines is 1. The Hall–Kier alpha value is -1.91. The van der Waals surface area contributed by atoms with Crippen molar-refractivity contribution in [3.05, 3.63) is 35.5 Å². The van der Waals surface area contributed by atoms with Crippen molar-refractivity contribution >= 4 is 5.82 Å². The van der Waals surface area contributed by atoms with Gasteiger partial charge in [0.15, 0.2) is 5.82 Å². The predicted octanol–water partition coefficient (Wildman–Crippen LogP) is 1.89. The van der Waals surface area contributed by atoms with Crippen LogP contribution in [0.2, 0.25) is 0 Å². The van der Waals surface area contributed by atoms with Gasteiger partial charge in [0.1, 0.15) is 11.6 Å². The van der Waals surface area contributed by atoms with Crippen LogP contribution in [0.4, 0.5) is 5.82 Å². The summed E-state index contributed by atoms with van der Waals surface area (Å²) >= 11 is 0. The average molecular weight is 245 g/mol. The highest BCUT2D eigenvalue weighted by molar-refractivity contribution is 5.34. The minimum Gasteiger partial charge on any atom is -0.373 e. The van der Waals surface area contributed by atoms with E-state index < -0.39 is 0 Å². The number of hydrogen-bond donors (Lipinski definition) is 1. The zero-order chi connectivity index (χ0) is 13.0. The minimum absolute atomic E-state index is 0.672. The number of hydrogen-bond acceptors (Lipinski definition) is 4. The molecule has 0 aliphatic heterocycles. The molecule has 0 saturated carbocycles. The van der Waals surface area contributed by atoms with Gasteiger partial charge >= 0.3 is 0 Å². The first-order valence-corrected chi connectivity index (χ1v) is 6.33. The summed E-state index contributed by atoms with van der Waals surface area (Å²) in [6.07, 6.45) is 1.75. The van der Waals surface area contributed by atoms with Crippen LogP contribution in [0, 0.1) is 0 Å². The molecule has 0 saturated heterocycles. The maximum atomic E-state index is 4.50. The van der Waals surface area contributed by atoms with E-state index in [2.05, 4.69) is 34.2 Å². The molecule has 0 radical (unpaired) electrons. The third-order valence-corrected chi connectivity index (χ3v) is 2.80. The summed E-state index contributed by atoms with van der Waals surface area (Å²) < 4.78 is 1.95. The highest BCUT2D eigenvalue weighted by Gasteiger charge is 2.08. The number of pyridine rings is 1. The molecule has 2 aromatic rings. The predicted molar refractivity (Wildman–Crippen MR) is 71.7 cm³/mol. The third-order valence-electron chi connectivity index (χ3n) is 2.80. The van der Waals surface area contributed by atoms with Crippen molar-refractivity contribution < 1.29 is 0 Å². The van der Waals surface area contributed by atoms with E-state index in [1.807, 2.05) is 29.9 Å². The topological polar surface area (TPSA) is 55.6 Å². The zero-order valence-corrected chi connectivity index (χ0v) is 11.1. The lowest BCUT2D eigenvalue weighted by Crippen LogP contribution is -2.08. The molecule has 2 aromatic heterocycles. The van der Waals surface area contributed by atoms with E-state index in [1.165, 1.54) is 0 Å². The molecular formula is C13H19N5. The maximum Gasteiger partial charge on any atom is 0.150 e. The van der Waals surface area contributed by atoms with E-state index in [0.29, 0.717) is 6.54 Å². The molecule has 0 unspecified atom stereocenters. The van der Waals surface area contributed by atoms with Gasteiger partial charge in [0.05, 0.1) is 12.2 Å². The quantitative estimate of drug-likeness (QED) is 0.874. The van der Waals surface area contributed by atoms with Crippen LogP contribution in [0.25, 0.3) is 0 Å². The molecule has 0 aliphatic carbocycles. The van der Waals surface area contributed by atoms with Crippen LogP contribution in [0.15, 0.2) is 18.2 Å². The second kappa shape index (κ2) is 5.62. The molecule has 2 rings (SSSR count). The first-order chi connectivity index (χ1) is 8.76. The van der Waals surface area contributed by atoms with Crippen molar-refractivity contribution in [2.24, 2.45) is 0 Å². The van der Waals surface area contributed by atoms with Gasteiger partial charge in [-0.2, -0.15) is 5.10 Å². The SMILES string of the molecule is CCc1nc(CC)n(Cc2cccc(NC)n2)n1. The molecule has 5 heteroatoms. The Morgan fingerprint density at radius 2 is 2.00 bits per heavy atom. The van der Waals surface area contributed by atoms with Crippen molar-refractivity contribution in [2.45, 2.75) is 33.2 Å². The van der Waals surface area contributed by atoms with Crippen molar-refractivity contribution in [1.29, 1.82) is 0 Å². The van der Waals surface area contributed by atoms with E-state index >= 15 is 0 Å². The Kier molecular flexibility index (Phi) is 3.92. The van der Waals surface area contributed by atoms with Crippen molar-refractivity contribution in [3.63, 3.8) is 0 Å². The van der Waals surface area contributed by atoms with Crippen molar-refractivity contribution in [3.8, 4) is 0 Å². The largest absolute Gasteiger partial charge is 0.373 e. The maximum absolute atomic E-state index is 4.50. The lowest BCUT2D eigenvalue weighted by Gasteiger charge is -2.05. The monoisotopic (exact) mass is 245 g/mol. The summed E-state index contributed by atoms with van der Waals surface area (Å²) in [7, 11) is 1.87. The Bertz CT molecular complexity index is 518. The van der Waals surface area contributed by atoms with Crippen LogP contribution in [0.3, 0.4) is 0 Å². The fourth-order valence-electron chi connectivity index (χ4n) is 1.82. The van der Waals surface area contributed by atoms with Gasteiger partial charge in [0, 0.05) is 19.9 Å². The Morgan fingerprint density at radius 1 is 1.17 bits per heavy atom. The first kappa shape index (κ1) is 12.5. The van der Waals surface area contributed by atoms with Gasteiger partial charge in [-0.15, -0.1) is 0 Å². The lowest BCUT2D eigenvalue weighted by molar-refractivity contribution is 0.627. The van der Waals surface area contributed by atoms with E-state index in [4.69, 9.17) is 0 Å². The molecule has 0 spiro atoms.